The first-order valence-corrected chi connectivity index (χ1v) is 8.14. The van der Waals surface area contributed by atoms with Crippen molar-refractivity contribution in [1.82, 2.24) is 10.2 Å². The van der Waals surface area contributed by atoms with E-state index < -0.39 is 0 Å². The predicted octanol–water partition coefficient (Wildman–Crippen LogP) is 3.19. The highest BCUT2D eigenvalue weighted by Gasteiger charge is 2.15. The molecule has 1 heterocycles. The number of fused-ring (bicyclic) bond motifs is 1. The molecular formula is C19H22N2O3. The number of carbonyl (C=O) groups excluding carboxylic acids is 1. The van der Waals surface area contributed by atoms with Gasteiger partial charge in [0.05, 0.1) is 0 Å². The highest BCUT2D eigenvalue weighted by molar-refractivity contribution is 5.73. The van der Waals surface area contributed by atoms with Crippen LogP contribution in [0.2, 0.25) is 0 Å². The maximum absolute atomic E-state index is 12.2. The summed E-state index contributed by atoms with van der Waals surface area (Å²) < 4.78 is 10.7. The van der Waals surface area contributed by atoms with Gasteiger partial charge >= 0.3 is 6.03 Å². The SMILES string of the molecule is CN(Cc1ccc2c(c1)OCO2)C(=O)NCCCc1ccccc1. The lowest BCUT2D eigenvalue weighted by Crippen LogP contribution is -2.37. The zero-order chi connectivity index (χ0) is 16.8. The van der Waals surface area contributed by atoms with Crippen LogP contribution in [-0.2, 0) is 13.0 Å². The molecule has 0 saturated heterocycles. The molecule has 0 radical (unpaired) electrons. The Hall–Kier alpha value is -2.69. The molecule has 5 nitrogen and oxygen atoms in total. The third kappa shape index (κ3) is 4.19. The topological polar surface area (TPSA) is 50.8 Å². The van der Waals surface area contributed by atoms with Gasteiger partial charge in [0.2, 0.25) is 6.79 Å². The number of ether oxygens (including phenoxy) is 2. The second-order valence-corrected chi connectivity index (χ2v) is 5.86. The van der Waals surface area contributed by atoms with Crippen molar-refractivity contribution in [2.75, 3.05) is 20.4 Å². The number of nitrogens with one attached hydrogen (secondary N) is 1. The van der Waals surface area contributed by atoms with E-state index in [-0.39, 0.29) is 12.8 Å². The Morgan fingerprint density at radius 2 is 1.88 bits per heavy atom. The van der Waals surface area contributed by atoms with Crippen LogP contribution < -0.4 is 14.8 Å². The van der Waals surface area contributed by atoms with Crippen molar-refractivity contribution >= 4 is 6.03 Å². The second kappa shape index (κ2) is 7.73. The van der Waals surface area contributed by atoms with E-state index in [2.05, 4.69) is 17.4 Å². The zero-order valence-electron chi connectivity index (χ0n) is 13.8. The first-order valence-electron chi connectivity index (χ1n) is 8.14. The summed E-state index contributed by atoms with van der Waals surface area (Å²) in [5.41, 5.74) is 2.31. The van der Waals surface area contributed by atoms with Crippen molar-refractivity contribution in [3.8, 4) is 11.5 Å². The van der Waals surface area contributed by atoms with Gasteiger partial charge in [0.1, 0.15) is 0 Å². The number of hydrogen-bond donors (Lipinski definition) is 1. The summed E-state index contributed by atoms with van der Waals surface area (Å²) in [6.45, 7) is 1.46. The minimum absolute atomic E-state index is 0.0688. The van der Waals surface area contributed by atoms with E-state index in [0.29, 0.717) is 13.1 Å². The van der Waals surface area contributed by atoms with Crippen LogP contribution in [-0.4, -0.2) is 31.3 Å². The minimum atomic E-state index is -0.0688. The molecule has 2 amide bonds. The molecule has 5 heteroatoms. The number of hydrogen-bond acceptors (Lipinski definition) is 3. The van der Waals surface area contributed by atoms with Crippen molar-refractivity contribution in [1.29, 1.82) is 0 Å². The highest BCUT2D eigenvalue weighted by Crippen LogP contribution is 2.32. The van der Waals surface area contributed by atoms with Crippen molar-refractivity contribution < 1.29 is 14.3 Å². The number of nitrogens with zero attached hydrogens (tertiary/aromatic N) is 1. The molecule has 0 spiro atoms. The van der Waals surface area contributed by atoms with Crippen molar-refractivity contribution in [3.05, 3.63) is 59.7 Å². The number of urea groups is 1. The van der Waals surface area contributed by atoms with Crippen molar-refractivity contribution in [2.45, 2.75) is 19.4 Å². The molecule has 126 valence electrons. The molecule has 0 aliphatic carbocycles. The maximum atomic E-state index is 12.2. The maximum Gasteiger partial charge on any atom is 0.317 e. The van der Waals surface area contributed by atoms with Crippen LogP contribution in [0.15, 0.2) is 48.5 Å². The summed E-state index contributed by atoms with van der Waals surface area (Å²) in [5, 5.41) is 2.96. The van der Waals surface area contributed by atoms with Crippen molar-refractivity contribution in [3.63, 3.8) is 0 Å². The fraction of sp³-hybridized carbons (Fsp3) is 0.316. The van der Waals surface area contributed by atoms with E-state index in [9.17, 15) is 4.79 Å². The van der Waals surface area contributed by atoms with Gasteiger partial charge in [0, 0.05) is 20.1 Å². The monoisotopic (exact) mass is 326 g/mol. The van der Waals surface area contributed by atoms with Gasteiger partial charge in [0.15, 0.2) is 11.5 Å². The number of rotatable bonds is 6. The molecule has 1 aliphatic rings. The molecule has 0 bridgehead atoms. The van der Waals surface area contributed by atoms with E-state index in [1.54, 1.807) is 11.9 Å². The lowest BCUT2D eigenvalue weighted by Gasteiger charge is -2.18. The Morgan fingerprint density at radius 3 is 2.71 bits per heavy atom. The number of benzene rings is 2. The van der Waals surface area contributed by atoms with Crippen molar-refractivity contribution in [2.24, 2.45) is 0 Å². The Kier molecular flexibility index (Phi) is 5.21. The summed E-state index contributed by atoms with van der Waals surface area (Å²) in [6.07, 6.45) is 1.89. The molecule has 2 aromatic carbocycles. The molecule has 0 atom stereocenters. The van der Waals surface area contributed by atoms with Gasteiger partial charge in [-0.25, -0.2) is 4.79 Å². The van der Waals surface area contributed by atoms with Crippen LogP contribution in [0, 0.1) is 0 Å². The Balaban J connectivity index is 1.41. The number of aryl methyl sites for hydroxylation is 1. The minimum Gasteiger partial charge on any atom is -0.454 e. The molecule has 0 aromatic heterocycles. The van der Waals surface area contributed by atoms with Crippen LogP contribution >= 0.6 is 0 Å². The number of amides is 2. The summed E-state index contributed by atoms with van der Waals surface area (Å²) in [7, 11) is 1.79. The fourth-order valence-corrected chi connectivity index (χ4v) is 2.65. The van der Waals surface area contributed by atoms with Gasteiger partial charge in [-0.3, -0.25) is 0 Å². The van der Waals surface area contributed by atoms with Gasteiger partial charge < -0.3 is 19.7 Å². The van der Waals surface area contributed by atoms with Gasteiger partial charge in [-0.15, -0.1) is 0 Å². The smallest absolute Gasteiger partial charge is 0.317 e. The third-order valence-corrected chi connectivity index (χ3v) is 3.96. The van der Waals surface area contributed by atoms with Gasteiger partial charge in [-0.2, -0.15) is 0 Å². The summed E-state index contributed by atoms with van der Waals surface area (Å²) >= 11 is 0. The van der Waals surface area contributed by atoms with Gasteiger partial charge in [-0.1, -0.05) is 36.4 Å². The van der Waals surface area contributed by atoms with E-state index in [4.69, 9.17) is 9.47 Å². The summed E-state index contributed by atoms with van der Waals surface area (Å²) in [4.78, 5) is 13.8. The van der Waals surface area contributed by atoms with Crippen LogP contribution in [0.25, 0.3) is 0 Å². The number of carbonyl (C=O) groups is 1. The first-order chi connectivity index (χ1) is 11.7. The van der Waals surface area contributed by atoms with E-state index in [1.165, 1.54) is 5.56 Å². The lowest BCUT2D eigenvalue weighted by atomic mass is 10.1. The second-order valence-electron chi connectivity index (χ2n) is 5.86. The Labute approximate surface area is 142 Å². The molecule has 24 heavy (non-hydrogen) atoms. The standard InChI is InChI=1S/C19H22N2O3/c1-21(13-16-9-10-17-18(12-16)24-14-23-17)19(22)20-11-5-8-15-6-3-2-4-7-15/h2-4,6-7,9-10,12H,5,8,11,13-14H2,1H3,(H,20,22). The first kappa shape index (κ1) is 16.2. The Morgan fingerprint density at radius 1 is 1.08 bits per heavy atom. The van der Waals surface area contributed by atoms with Crippen LogP contribution in [0.4, 0.5) is 4.79 Å². The largest absolute Gasteiger partial charge is 0.454 e. The molecule has 0 unspecified atom stereocenters. The summed E-state index contributed by atoms with van der Waals surface area (Å²) in [6, 6.07) is 16.0. The quantitative estimate of drug-likeness (QED) is 0.830. The zero-order valence-corrected chi connectivity index (χ0v) is 13.8. The molecule has 1 aliphatic heterocycles. The van der Waals surface area contributed by atoms with E-state index in [0.717, 1.165) is 29.9 Å². The lowest BCUT2D eigenvalue weighted by molar-refractivity contribution is 0.174. The van der Waals surface area contributed by atoms with E-state index in [1.807, 2.05) is 36.4 Å². The molecular weight excluding hydrogens is 304 g/mol. The predicted molar refractivity (Wildman–Crippen MR) is 92.2 cm³/mol. The molecule has 0 fully saturated rings. The highest BCUT2D eigenvalue weighted by atomic mass is 16.7. The molecule has 0 saturated carbocycles. The molecule has 3 rings (SSSR count). The van der Waals surface area contributed by atoms with Gasteiger partial charge in [-0.05, 0) is 36.1 Å². The fourth-order valence-electron chi connectivity index (χ4n) is 2.65. The average molecular weight is 326 g/mol. The van der Waals surface area contributed by atoms with Gasteiger partial charge in [0.25, 0.3) is 0 Å². The molecule has 2 aromatic rings. The van der Waals surface area contributed by atoms with E-state index >= 15 is 0 Å². The van der Waals surface area contributed by atoms with Crippen LogP contribution in [0.5, 0.6) is 11.5 Å². The normalized spacial score (nSPS) is 12.0. The molecule has 1 N–H and O–H groups in total. The average Bonchev–Trinajstić information content (AvgIpc) is 3.07. The summed E-state index contributed by atoms with van der Waals surface area (Å²) in [5.74, 6) is 1.50. The third-order valence-electron chi connectivity index (χ3n) is 3.96. The van der Waals surface area contributed by atoms with Crippen LogP contribution in [0.3, 0.4) is 0 Å². The Bertz CT molecular complexity index is 688. The van der Waals surface area contributed by atoms with Crippen LogP contribution in [0.1, 0.15) is 17.5 Å².